The zero-order valence-corrected chi connectivity index (χ0v) is 15.0. The van der Waals surface area contributed by atoms with Gasteiger partial charge in [0.2, 0.25) is 0 Å². The largest absolute Gasteiger partial charge is 0.484 e. The number of hydrogen-bond acceptors (Lipinski definition) is 3. The molecule has 0 aliphatic rings. The van der Waals surface area contributed by atoms with Crippen molar-refractivity contribution in [2.75, 3.05) is 6.61 Å². The van der Waals surface area contributed by atoms with Crippen molar-refractivity contribution in [3.8, 4) is 5.75 Å². The Balaban J connectivity index is 1.70. The Bertz CT molecular complexity index is 824. The molecule has 2 aromatic carbocycles. The number of aryl methyl sites for hydroxylation is 2. The number of rotatable bonds is 6. The molecule has 3 aromatic rings. The highest BCUT2D eigenvalue weighted by atomic mass is 16.5. The summed E-state index contributed by atoms with van der Waals surface area (Å²) in [5.41, 5.74) is 4.10. The average Bonchev–Trinajstić information content (AvgIpc) is 2.68. The van der Waals surface area contributed by atoms with E-state index in [0.717, 1.165) is 16.8 Å². The van der Waals surface area contributed by atoms with Crippen molar-refractivity contribution in [3.05, 3.63) is 95.3 Å². The van der Waals surface area contributed by atoms with Crippen molar-refractivity contribution in [3.63, 3.8) is 0 Å². The molecule has 4 nitrogen and oxygen atoms in total. The van der Waals surface area contributed by atoms with E-state index in [1.54, 1.807) is 6.20 Å². The van der Waals surface area contributed by atoms with E-state index >= 15 is 0 Å². The number of amides is 1. The van der Waals surface area contributed by atoms with Crippen LogP contribution in [0.1, 0.15) is 28.4 Å². The molecule has 0 saturated carbocycles. The summed E-state index contributed by atoms with van der Waals surface area (Å²) in [6.07, 6.45) is 1.73. The van der Waals surface area contributed by atoms with Crippen LogP contribution in [0.3, 0.4) is 0 Å². The number of nitrogens with one attached hydrogen (secondary N) is 1. The predicted molar refractivity (Wildman–Crippen MR) is 102 cm³/mol. The van der Waals surface area contributed by atoms with Gasteiger partial charge in [0.05, 0.1) is 11.7 Å². The van der Waals surface area contributed by atoms with Gasteiger partial charge in [-0.2, -0.15) is 0 Å². The van der Waals surface area contributed by atoms with Crippen LogP contribution in [-0.4, -0.2) is 17.5 Å². The van der Waals surface area contributed by atoms with Gasteiger partial charge in [-0.1, -0.05) is 42.5 Å². The van der Waals surface area contributed by atoms with Crippen molar-refractivity contribution >= 4 is 5.91 Å². The fourth-order valence-electron chi connectivity index (χ4n) is 2.68. The van der Waals surface area contributed by atoms with E-state index in [0.29, 0.717) is 5.75 Å². The van der Waals surface area contributed by atoms with Crippen LogP contribution >= 0.6 is 0 Å². The van der Waals surface area contributed by atoms with E-state index < -0.39 is 0 Å². The van der Waals surface area contributed by atoms with Gasteiger partial charge < -0.3 is 10.1 Å². The molecule has 1 atom stereocenters. The summed E-state index contributed by atoms with van der Waals surface area (Å²) in [5, 5.41) is 3.02. The summed E-state index contributed by atoms with van der Waals surface area (Å²) >= 11 is 0. The topological polar surface area (TPSA) is 51.2 Å². The summed E-state index contributed by atoms with van der Waals surface area (Å²) in [6, 6.07) is 21.0. The van der Waals surface area contributed by atoms with Gasteiger partial charge in [-0.3, -0.25) is 9.78 Å². The molecule has 0 bridgehead atoms. The Hall–Kier alpha value is -3.14. The number of carbonyl (C=O) groups is 1. The number of aromatic nitrogens is 1. The SMILES string of the molecule is Cc1ccc(OCC(=O)N[C@H](c2ccccc2)c2ccccn2)cc1C. The van der Waals surface area contributed by atoms with E-state index in [4.69, 9.17) is 4.74 Å². The first kappa shape index (κ1) is 17.7. The van der Waals surface area contributed by atoms with Crippen LogP contribution in [0.2, 0.25) is 0 Å². The summed E-state index contributed by atoms with van der Waals surface area (Å²) < 4.78 is 5.64. The molecular formula is C22H22N2O2. The van der Waals surface area contributed by atoms with Gasteiger partial charge in [0.1, 0.15) is 5.75 Å². The first-order valence-corrected chi connectivity index (χ1v) is 8.59. The van der Waals surface area contributed by atoms with Gasteiger partial charge in [0.25, 0.3) is 5.91 Å². The molecule has 3 rings (SSSR count). The van der Waals surface area contributed by atoms with Crippen LogP contribution in [0.15, 0.2) is 72.9 Å². The third-order valence-corrected chi connectivity index (χ3v) is 4.27. The quantitative estimate of drug-likeness (QED) is 0.734. The van der Waals surface area contributed by atoms with Gasteiger partial charge in [-0.15, -0.1) is 0 Å². The van der Waals surface area contributed by atoms with Crippen LogP contribution in [0.25, 0.3) is 0 Å². The Morgan fingerprint density at radius 2 is 1.77 bits per heavy atom. The number of hydrogen-bond donors (Lipinski definition) is 1. The lowest BCUT2D eigenvalue weighted by molar-refractivity contribution is -0.123. The minimum atomic E-state index is -0.312. The third-order valence-electron chi connectivity index (χ3n) is 4.27. The first-order chi connectivity index (χ1) is 12.6. The predicted octanol–water partition coefficient (Wildman–Crippen LogP) is 3.98. The maximum Gasteiger partial charge on any atom is 0.258 e. The van der Waals surface area contributed by atoms with Crippen molar-refractivity contribution < 1.29 is 9.53 Å². The number of nitrogens with zero attached hydrogens (tertiary/aromatic N) is 1. The summed E-state index contributed by atoms with van der Waals surface area (Å²) in [5.74, 6) is 0.500. The van der Waals surface area contributed by atoms with Gasteiger partial charge in [-0.05, 0) is 54.8 Å². The summed E-state index contributed by atoms with van der Waals surface area (Å²) in [6.45, 7) is 4.02. The van der Waals surface area contributed by atoms with Gasteiger partial charge >= 0.3 is 0 Å². The van der Waals surface area contributed by atoms with E-state index in [2.05, 4.69) is 10.3 Å². The minimum absolute atomic E-state index is 0.0430. The van der Waals surface area contributed by atoms with Crippen LogP contribution in [0.5, 0.6) is 5.75 Å². The highest BCUT2D eigenvalue weighted by molar-refractivity contribution is 5.78. The fraction of sp³-hybridized carbons (Fsp3) is 0.182. The van der Waals surface area contributed by atoms with Crippen molar-refractivity contribution in [1.29, 1.82) is 0 Å². The lowest BCUT2D eigenvalue weighted by atomic mass is 10.0. The molecule has 1 heterocycles. The molecule has 0 radical (unpaired) electrons. The van der Waals surface area contributed by atoms with Crippen molar-refractivity contribution in [2.45, 2.75) is 19.9 Å². The number of benzene rings is 2. The molecule has 4 heteroatoms. The van der Waals surface area contributed by atoms with Crippen LogP contribution in [0.4, 0.5) is 0 Å². The number of pyridine rings is 1. The maximum atomic E-state index is 12.5. The second-order valence-electron chi connectivity index (χ2n) is 6.20. The van der Waals surface area contributed by atoms with Crippen LogP contribution in [-0.2, 0) is 4.79 Å². The minimum Gasteiger partial charge on any atom is -0.484 e. The first-order valence-electron chi connectivity index (χ1n) is 8.59. The Morgan fingerprint density at radius 3 is 2.46 bits per heavy atom. The molecule has 0 unspecified atom stereocenters. The Kier molecular flexibility index (Phi) is 5.64. The zero-order valence-electron chi connectivity index (χ0n) is 15.0. The molecule has 0 aliphatic heterocycles. The van der Waals surface area contributed by atoms with E-state index in [1.165, 1.54) is 5.56 Å². The van der Waals surface area contributed by atoms with Gasteiger partial charge in [0.15, 0.2) is 6.61 Å². The highest BCUT2D eigenvalue weighted by Crippen LogP contribution is 2.20. The molecule has 0 aliphatic carbocycles. The Labute approximate surface area is 153 Å². The number of ether oxygens (including phenoxy) is 1. The second-order valence-corrected chi connectivity index (χ2v) is 6.20. The lowest BCUT2D eigenvalue weighted by Gasteiger charge is -2.19. The van der Waals surface area contributed by atoms with Gasteiger partial charge in [-0.25, -0.2) is 0 Å². The molecule has 1 aromatic heterocycles. The standard InChI is InChI=1S/C22H22N2O2/c1-16-11-12-19(14-17(16)2)26-15-21(25)24-22(18-8-4-3-5-9-18)20-10-6-7-13-23-20/h3-14,22H,15H2,1-2H3,(H,24,25)/t22-/m1/s1. The molecule has 1 amide bonds. The summed E-state index contributed by atoms with van der Waals surface area (Å²) in [7, 11) is 0. The highest BCUT2D eigenvalue weighted by Gasteiger charge is 2.18. The second kappa shape index (κ2) is 8.30. The molecule has 0 saturated heterocycles. The van der Waals surface area contributed by atoms with Crippen molar-refractivity contribution in [2.24, 2.45) is 0 Å². The molecular weight excluding hydrogens is 324 g/mol. The third kappa shape index (κ3) is 4.48. The smallest absolute Gasteiger partial charge is 0.258 e. The normalized spacial score (nSPS) is 11.6. The Morgan fingerprint density at radius 1 is 1.00 bits per heavy atom. The molecule has 1 N–H and O–H groups in total. The zero-order chi connectivity index (χ0) is 18.4. The fourth-order valence-corrected chi connectivity index (χ4v) is 2.68. The lowest BCUT2D eigenvalue weighted by Crippen LogP contribution is -2.33. The van der Waals surface area contributed by atoms with E-state index in [1.807, 2.05) is 80.6 Å². The monoisotopic (exact) mass is 346 g/mol. The molecule has 26 heavy (non-hydrogen) atoms. The molecule has 132 valence electrons. The molecule has 0 fully saturated rings. The average molecular weight is 346 g/mol. The van der Waals surface area contributed by atoms with Gasteiger partial charge in [0, 0.05) is 6.20 Å². The summed E-state index contributed by atoms with van der Waals surface area (Å²) in [4.78, 5) is 16.9. The van der Waals surface area contributed by atoms with E-state index in [9.17, 15) is 4.79 Å². The van der Waals surface area contributed by atoms with E-state index in [-0.39, 0.29) is 18.6 Å². The maximum absolute atomic E-state index is 12.5. The molecule has 0 spiro atoms. The van der Waals surface area contributed by atoms with Crippen molar-refractivity contribution in [1.82, 2.24) is 10.3 Å². The number of carbonyl (C=O) groups excluding carboxylic acids is 1. The van der Waals surface area contributed by atoms with Crippen LogP contribution < -0.4 is 10.1 Å². The van der Waals surface area contributed by atoms with Crippen LogP contribution in [0, 0.1) is 13.8 Å².